The average molecular weight is 446 g/mol. The standard InChI is InChI=1S/C21H17ClFN3O3S/c22-17-10-12-19(13-11-17)30(28,29)26(18-7-2-1-3-8-18)15-21(27)25-24-14-16-6-4-5-9-20(16)23/h1-14H,15H2,(H,25,27)/b24-14-. The highest BCUT2D eigenvalue weighted by molar-refractivity contribution is 7.92. The second kappa shape index (κ2) is 9.51. The minimum atomic E-state index is -4.05. The molecule has 1 N–H and O–H groups in total. The van der Waals surface area contributed by atoms with Gasteiger partial charge in [0, 0.05) is 10.6 Å². The molecule has 3 rings (SSSR count). The molecule has 0 radical (unpaired) electrons. The number of carbonyl (C=O) groups is 1. The summed E-state index contributed by atoms with van der Waals surface area (Å²) >= 11 is 5.85. The third kappa shape index (κ3) is 5.22. The molecule has 9 heteroatoms. The molecule has 0 unspecified atom stereocenters. The summed E-state index contributed by atoms with van der Waals surface area (Å²) in [7, 11) is -4.05. The summed E-state index contributed by atoms with van der Waals surface area (Å²) in [4.78, 5) is 12.4. The molecule has 0 heterocycles. The molecule has 0 aliphatic rings. The van der Waals surface area contributed by atoms with Crippen molar-refractivity contribution >= 4 is 39.4 Å². The fraction of sp³-hybridized carbons (Fsp3) is 0.0476. The van der Waals surface area contributed by atoms with Gasteiger partial charge in [0.05, 0.1) is 16.8 Å². The molecule has 0 aliphatic carbocycles. The number of benzene rings is 3. The van der Waals surface area contributed by atoms with Crippen molar-refractivity contribution in [2.24, 2.45) is 5.10 Å². The van der Waals surface area contributed by atoms with Gasteiger partial charge in [-0.1, -0.05) is 48.0 Å². The van der Waals surface area contributed by atoms with Gasteiger partial charge in [-0.2, -0.15) is 5.10 Å². The lowest BCUT2D eigenvalue weighted by Gasteiger charge is -2.23. The van der Waals surface area contributed by atoms with Crippen molar-refractivity contribution in [2.75, 3.05) is 10.8 Å². The third-order valence-corrected chi connectivity index (χ3v) is 6.07. The largest absolute Gasteiger partial charge is 0.271 e. The van der Waals surface area contributed by atoms with Crippen molar-refractivity contribution in [1.29, 1.82) is 0 Å². The van der Waals surface area contributed by atoms with Gasteiger partial charge in [-0.05, 0) is 42.5 Å². The minimum absolute atomic E-state index is 0.0154. The van der Waals surface area contributed by atoms with Crippen molar-refractivity contribution in [3.63, 3.8) is 0 Å². The van der Waals surface area contributed by atoms with Crippen LogP contribution in [-0.2, 0) is 14.8 Å². The van der Waals surface area contributed by atoms with Crippen LogP contribution in [0.2, 0.25) is 5.02 Å². The van der Waals surface area contributed by atoms with Crippen LogP contribution in [0.1, 0.15) is 5.56 Å². The van der Waals surface area contributed by atoms with Crippen LogP contribution in [0.15, 0.2) is 88.9 Å². The summed E-state index contributed by atoms with van der Waals surface area (Å²) in [6.07, 6.45) is 1.15. The predicted molar refractivity (Wildman–Crippen MR) is 115 cm³/mol. The monoisotopic (exact) mass is 445 g/mol. The van der Waals surface area contributed by atoms with Crippen LogP contribution in [0.3, 0.4) is 0 Å². The first kappa shape index (κ1) is 21.5. The molecule has 1 amide bonds. The average Bonchev–Trinajstić information content (AvgIpc) is 2.74. The zero-order valence-electron chi connectivity index (χ0n) is 15.6. The van der Waals surface area contributed by atoms with E-state index in [1.54, 1.807) is 36.4 Å². The van der Waals surface area contributed by atoms with E-state index in [1.807, 2.05) is 0 Å². The van der Waals surface area contributed by atoms with Crippen molar-refractivity contribution in [3.8, 4) is 0 Å². The zero-order valence-corrected chi connectivity index (χ0v) is 17.1. The first-order chi connectivity index (χ1) is 14.4. The number of hydrogen-bond donors (Lipinski definition) is 1. The Morgan fingerprint density at radius 3 is 2.30 bits per heavy atom. The Labute approximate surface area is 178 Å². The number of para-hydroxylation sites is 1. The second-order valence-electron chi connectivity index (χ2n) is 6.12. The van der Waals surface area contributed by atoms with E-state index in [0.717, 1.165) is 10.5 Å². The Kier molecular flexibility index (Phi) is 6.81. The number of carbonyl (C=O) groups excluding carboxylic acids is 1. The van der Waals surface area contributed by atoms with Crippen molar-refractivity contribution in [3.05, 3.63) is 95.3 Å². The highest BCUT2D eigenvalue weighted by atomic mass is 35.5. The van der Waals surface area contributed by atoms with E-state index in [1.165, 1.54) is 42.5 Å². The second-order valence-corrected chi connectivity index (χ2v) is 8.41. The summed E-state index contributed by atoms with van der Waals surface area (Å²) in [5.41, 5.74) is 2.72. The maximum atomic E-state index is 13.6. The molecular formula is C21H17ClFN3O3S. The number of sulfonamides is 1. The van der Waals surface area contributed by atoms with E-state index in [2.05, 4.69) is 10.5 Å². The number of rotatable bonds is 7. The lowest BCUT2D eigenvalue weighted by atomic mass is 10.2. The smallest absolute Gasteiger partial charge is 0.264 e. The zero-order chi connectivity index (χ0) is 21.6. The number of hydrogen-bond acceptors (Lipinski definition) is 4. The molecule has 30 heavy (non-hydrogen) atoms. The first-order valence-corrected chi connectivity index (χ1v) is 10.6. The van der Waals surface area contributed by atoms with Crippen LogP contribution in [-0.4, -0.2) is 27.1 Å². The summed E-state index contributed by atoms with van der Waals surface area (Å²) in [5.74, 6) is -1.18. The van der Waals surface area contributed by atoms with Crippen molar-refractivity contribution in [2.45, 2.75) is 4.90 Å². The quantitative estimate of drug-likeness (QED) is 0.443. The van der Waals surface area contributed by atoms with Gasteiger partial charge in [0.15, 0.2) is 0 Å². The lowest BCUT2D eigenvalue weighted by Crippen LogP contribution is -2.39. The lowest BCUT2D eigenvalue weighted by molar-refractivity contribution is -0.119. The van der Waals surface area contributed by atoms with Crippen LogP contribution in [0, 0.1) is 5.82 Å². The SMILES string of the molecule is O=C(CN(c1ccccc1)S(=O)(=O)c1ccc(Cl)cc1)N/N=C\c1ccccc1F. The summed E-state index contributed by atoms with van der Waals surface area (Å²) in [6, 6.07) is 19.7. The van der Waals surface area contributed by atoms with Crippen LogP contribution >= 0.6 is 11.6 Å². The molecule has 0 atom stereocenters. The summed E-state index contributed by atoms with van der Waals surface area (Å²) in [5, 5.41) is 4.10. The molecule has 6 nitrogen and oxygen atoms in total. The number of halogens is 2. The summed E-state index contributed by atoms with van der Waals surface area (Å²) < 4.78 is 40.8. The molecule has 3 aromatic carbocycles. The molecular weight excluding hydrogens is 429 g/mol. The van der Waals surface area contributed by atoms with Crippen LogP contribution in [0.25, 0.3) is 0 Å². The van der Waals surface area contributed by atoms with Gasteiger partial charge in [0.2, 0.25) is 0 Å². The maximum Gasteiger partial charge on any atom is 0.264 e. The van der Waals surface area contributed by atoms with Gasteiger partial charge in [-0.15, -0.1) is 0 Å². The molecule has 0 saturated heterocycles. The number of nitrogens with zero attached hydrogens (tertiary/aromatic N) is 2. The molecule has 0 fully saturated rings. The Balaban J connectivity index is 1.82. The van der Waals surface area contributed by atoms with Crippen molar-refractivity contribution in [1.82, 2.24) is 5.43 Å². The Hall–Kier alpha value is -3.23. The van der Waals surface area contributed by atoms with Gasteiger partial charge in [0.1, 0.15) is 12.4 Å². The Morgan fingerprint density at radius 2 is 1.63 bits per heavy atom. The molecule has 0 spiro atoms. The highest BCUT2D eigenvalue weighted by Crippen LogP contribution is 2.24. The maximum absolute atomic E-state index is 13.6. The number of anilines is 1. The van der Waals surface area contributed by atoms with E-state index in [9.17, 15) is 17.6 Å². The van der Waals surface area contributed by atoms with Gasteiger partial charge >= 0.3 is 0 Å². The minimum Gasteiger partial charge on any atom is -0.271 e. The summed E-state index contributed by atoms with van der Waals surface area (Å²) in [6.45, 7) is -0.524. The van der Waals surface area contributed by atoms with E-state index < -0.39 is 28.3 Å². The van der Waals surface area contributed by atoms with E-state index in [-0.39, 0.29) is 10.5 Å². The van der Waals surface area contributed by atoms with E-state index >= 15 is 0 Å². The number of nitrogens with one attached hydrogen (secondary N) is 1. The molecule has 0 bridgehead atoms. The fourth-order valence-electron chi connectivity index (χ4n) is 2.56. The fourth-order valence-corrected chi connectivity index (χ4v) is 4.11. The van der Waals surface area contributed by atoms with Gasteiger partial charge in [0.25, 0.3) is 15.9 Å². The van der Waals surface area contributed by atoms with Crippen LogP contribution in [0.5, 0.6) is 0 Å². The van der Waals surface area contributed by atoms with Crippen molar-refractivity contribution < 1.29 is 17.6 Å². The van der Waals surface area contributed by atoms with Gasteiger partial charge < -0.3 is 0 Å². The molecule has 3 aromatic rings. The van der Waals surface area contributed by atoms with E-state index in [4.69, 9.17) is 11.6 Å². The topological polar surface area (TPSA) is 78.8 Å². The number of hydrazone groups is 1. The third-order valence-electron chi connectivity index (χ3n) is 4.03. The molecule has 154 valence electrons. The van der Waals surface area contributed by atoms with Gasteiger partial charge in [-0.3, -0.25) is 9.10 Å². The molecule has 0 aromatic heterocycles. The highest BCUT2D eigenvalue weighted by Gasteiger charge is 2.27. The van der Waals surface area contributed by atoms with E-state index in [0.29, 0.717) is 10.7 Å². The molecule has 0 aliphatic heterocycles. The Morgan fingerprint density at radius 1 is 1.00 bits per heavy atom. The van der Waals surface area contributed by atoms with Crippen LogP contribution in [0.4, 0.5) is 10.1 Å². The molecule has 0 saturated carbocycles. The van der Waals surface area contributed by atoms with Crippen LogP contribution < -0.4 is 9.73 Å². The predicted octanol–water partition coefficient (Wildman–Crippen LogP) is 3.82. The first-order valence-electron chi connectivity index (χ1n) is 8.78. The normalized spacial score (nSPS) is 11.4. The number of amides is 1. The Bertz CT molecular complexity index is 1150. The van der Waals surface area contributed by atoms with Gasteiger partial charge in [-0.25, -0.2) is 18.2 Å².